The van der Waals surface area contributed by atoms with Crippen molar-refractivity contribution in [2.45, 2.75) is 12.5 Å². The number of nitrogens with one attached hydrogen (secondary N) is 1. The third-order valence-electron chi connectivity index (χ3n) is 5.61. The Kier molecular flexibility index (Phi) is 5.10. The van der Waals surface area contributed by atoms with Crippen LogP contribution in [0.25, 0.3) is 10.8 Å². The maximum Gasteiger partial charge on any atom is 0.325 e. The van der Waals surface area contributed by atoms with Crippen molar-refractivity contribution in [1.29, 1.82) is 0 Å². The first-order valence-electron chi connectivity index (χ1n) is 9.76. The highest BCUT2D eigenvalue weighted by Crippen LogP contribution is 2.34. The van der Waals surface area contributed by atoms with Gasteiger partial charge in [0.2, 0.25) is 0 Å². The highest BCUT2D eigenvalue weighted by molar-refractivity contribution is 6.12. The van der Waals surface area contributed by atoms with Crippen LogP contribution < -0.4 is 14.8 Å². The molecule has 3 aromatic rings. The number of Topliss-reactive ketones (excluding diaryl/α,β-unsaturated/α-hetero) is 1. The molecule has 1 aliphatic rings. The number of ketones is 1. The third kappa shape index (κ3) is 3.38. The zero-order valence-corrected chi connectivity index (χ0v) is 17.5. The lowest BCUT2D eigenvalue weighted by Gasteiger charge is -2.24. The topological polar surface area (TPSA) is 84.9 Å². The second kappa shape index (κ2) is 7.75. The fourth-order valence-corrected chi connectivity index (χ4v) is 3.93. The fourth-order valence-electron chi connectivity index (χ4n) is 3.93. The normalized spacial score (nSPS) is 18.2. The molecule has 1 heterocycles. The van der Waals surface area contributed by atoms with Crippen molar-refractivity contribution in [3.8, 4) is 11.5 Å². The van der Waals surface area contributed by atoms with Crippen LogP contribution in [0.5, 0.6) is 11.5 Å². The Morgan fingerprint density at radius 1 is 0.968 bits per heavy atom. The van der Waals surface area contributed by atoms with E-state index in [0.29, 0.717) is 22.6 Å². The van der Waals surface area contributed by atoms with Gasteiger partial charge < -0.3 is 14.8 Å². The van der Waals surface area contributed by atoms with Crippen LogP contribution in [0.15, 0.2) is 60.7 Å². The van der Waals surface area contributed by atoms with E-state index < -0.39 is 17.5 Å². The van der Waals surface area contributed by atoms with E-state index in [2.05, 4.69) is 5.32 Å². The van der Waals surface area contributed by atoms with Crippen LogP contribution in [0, 0.1) is 0 Å². The van der Waals surface area contributed by atoms with Gasteiger partial charge in [0.1, 0.15) is 5.54 Å². The van der Waals surface area contributed by atoms with E-state index in [0.717, 1.165) is 15.7 Å². The van der Waals surface area contributed by atoms with Crippen LogP contribution in [0.1, 0.15) is 22.8 Å². The van der Waals surface area contributed by atoms with E-state index in [-0.39, 0.29) is 12.3 Å². The molecule has 31 heavy (non-hydrogen) atoms. The molecule has 0 aromatic heterocycles. The first-order chi connectivity index (χ1) is 14.9. The van der Waals surface area contributed by atoms with Gasteiger partial charge in [0, 0.05) is 5.56 Å². The Morgan fingerprint density at radius 3 is 2.42 bits per heavy atom. The zero-order chi connectivity index (χ0) is 22.2. The fraction of sp³-hybridized carbons (Fsp3) is 0.208. The van der Waals surface area contributed by atoms with Crippen LogP contribution in [0.3, 0.4) is 0 Å². The molecular weight excluding hydrogens is 396 g/mol. The summed E-state index contributed by atoms with van der Waals surface area (Å²) in [4.78, 5) is 39.8. The maximum atomic E-state index is 13.3. The number of hydrogen-bond acceptors (Lipinski definition) is 5. The molecule has 1 fully saturated rings. The molecule has 0 bridgehead atoms. The monoisotopic (exact) mass is 418 g/mol. The molecule has 1 aliphatic heterocycles. The molecule has 0 spiro atoms. The van der Waals surface area contributed by atoms with Crippen molar-refractivity contribution >= 4 is 28.5 Å². The number of imide groups is 1. The van der Waals surface area contributed by atoms with Crippen molar-refractivity contribution in [2.75, 3.05) is 20.8 Å². The lowest BCUT2D eigenvalue weighted by Crippen LogP contribution is -2.41. The number of amides is 3. The summed E-state index contributed by atoms with van der Waals surface area (Å²) in [7, 11) is 2.97. The van der Waals surface area contributed by atoms with E-state index in [9.17, 15) is 14.4 Å². The largest absolute Gasteiger partial charge is 0.493 e. The summed E-state index contributed by atoms with van der Waals surface area (Å²) in [6, 6.07) is 17.4. The summed E-state index contributed by atoms with van der Waals surface area (Å²) in [5, 5.41) is 4.61. The smallest absolute Gasteiger partial charge is 0.325 e. The summed E-state index contributed by atoms with van der Waals surface area (Å²) < 4.78 is 10.4. The average Bonchev–Trinajstić information content (AvgIpc) is 3.01. The lowest BCUT2D eigenvalue weighted by molar-refractivity contribution is -0.130. The van der Waals surface area contributed by atoms with Crippen LogP contribution in [-0.2, 0) is 10.3 Å². The van der Waals surface area contributed by atoms with Crippen molar-refractivity contribution in [1.82, 2.24) is 10.2 Å². The van der Waals surface area contributed by atoms with Gasteiger partial charge in [-0.25, -0.2) is 4.79 Å². The molecule has 1 atom stereocenters. The molecule has 1 saturated heterocycles. The Morgan fingerprint density at radius 2 is 1.68 bits per heavy atom. The lowest BCUT2D eigenvalue weighted by atomic mass is 9.88. The third-order valence-corrected chi connectivity index (χ3v) is 5.61. The summed E-state index contributed by atoms with van der Waals surface area (Å²) >= 11 is 0. The predicted octanol–water partition coefficient (Wildman–Crippen LogP) is 3.51. The van der Waals surface area contributed by atoms with Gasteiger partial charge in [-0.05, 0) is 41.5 Å². The van der Waals surface area contributed by atoms with E-state index in [4.69, 9.17) is 9.47 Å². The number of nitrogens with zero attached hydrogens (tertiary/aromatic N) is 1. The predicted molar refractivity (Wildman–Crippen MR) is 115 cm³/mol. The van der Waals surface area contributed by atoms with Crippen molar-refractivity contribution < 1.29 is 23.9 Å². The minimum atomic E-state index is -1.27. The van der Waals surface area contributed by atoms with E-state index in [1.54, 1.807) is 19.1 Å². The summed E-state index contributed by atoms with van der Waals surface area (Å²) in [6.45, 7) is 1.29. The number of hydrogen-bond donors (Lipinski definition) is 1. The molecule has 0 aliphatic carbocycles. The van der Waals surface area contributed by atoms with Gasteiger partial charge in [-0.1, -0.05) is 42.5 Å². The molecule has 3 amide bonds. The molecule has 0 saturated carbocycles. The second-order valence-corrected chi connectivity index (χ2v) is 7.47. The molecule has 158 valence electrons. The quantitative estimate of drug-likeness (QED) is 0.489. The van der Waals surface area contributed by atoms with Crippen molar-refractivity contribution in [2.24, 2.45) is 0 Å². The number of rotatable bonds is 6. The van der Waals surface area contributed by atoms with Gasteiger partial charge in [0.25, 0.3) is 5.91 Å². The van der Waals surface area contributed by atoms with Gasteiger partial charge in [-0.15, -0.1) is 0 Å². The molecule has 4 rings (SSSR count). The maximum absolute atomic E-state index is 13.3. The van der Waals surface area contributed by atoms with E-state index >= 15 is 0 Å². The molecule has 3 aromatic carbocycles. The first-order valence-corrected chi connectivity index (χ1v) is 9.76. The Bertz CT molecular complexity index is 1200. The van der Waals surface area contributed by atoms with Gasteiger partial charge in [0.05, 0.1) is 20.8 Å². The Balaban J connectivity index is 1.63. The molecule has 7 heteroatoms. The van der Waals surface area contributed by atoms with Gasteiger partial charge in [-0.3, -0.25) is 14.5 Å². The highest BCUT2D eigenvalue weighted by Gasteiger charge is 2.50. The molecule has 0 radical (unpaired) electrons. The Hall–Kier alpha value is -3.87. The summed E-state index contributed by atoms with van der Waals surface area (Å²) in [5.74, 6) is 0.0259. The van der Waals surface area contributed by atoms with Gasteiger partial charge in [0.15, 0.2) is 17.3 Å². The average molecular weight is 418 g/mol. The number of carbonyl (C=O) groups excluding carboxylic acids is 3. The number of fused-ring (bicyclic) bond motifs is 1. The van der Waals surface area contributed by atoms with Crippen LogP contribution in [0.4, 0.5) is 4.79 Å². The van der Waals surface area contributed by atoms with E-state index in [1.165, 1.54) is 20.3 Å². The number of methoxy groups -OCH3 is 2. The van der Waals surface area contributed by atoms with E-state index in [1.807, 2.05) is 42.5 Å². The molecule has 7 nitrogen and oxygen atoms in total. The first kappa shape index (κ1) is 20.4. The van der Waals surface area contributed by atoms with Gasteiger partial charge >= 0.3 is 6.03 Å². The zero-order valence-electron chi connectivity index (χ0n) is 17.5. The minimum Gasteiger partial charge on any atom is -0.493 e. The minimum absolute atomic E-state index is 0.317. The number of urea groups is 1. The standard InChI is InChI=1S/C24H22N2O5/c1-24(18-10-6-8-15-7-4-5-9-17(15)18)22(28)26(23(29)25-24)14-19(27)16-11-12-20(30-2)21(13-16)31-3/h4-13H,14H2,1-3H3,(H,25,29)/t24-/m0/s1. The Labute approximate surface area is 179 Å². The number of carbonyl (C=O) groups is 3. The SMILES string of the molecule is COc1ccc(C(=O)CN2C(=O)N[C@@](C)(c3cccc4ccccc34)C2=O)cc1OC. The van der Waals surface area contributed by atoms with Crippen LogP contribution >= 0.6 is 0 Å². The summed E-state index contributed by atoms with van der Waals surface area (Å²) in [6.07, 6.45) is 0. The number of benzene rings is 3. The van der Waals surface area contributed by atoms with Crippen LogP contribution in [-0.4, -0.2) is 43.4 Å². The highest BCUT2D eigenvalue weighted by atomic mass is 16.5. The van der Waals surface area contributed by atoms with Crippen molar-refractivity contribution in [3.63, 3.8) is 0 Å². The number of ether oxygens (including phenoxy) is 2. The van der Waals surface area contributed by atoms with Gasteiger partial charge in [-0.2, -0.15) is 0 Å². The molecular formula is C24H22N2O5. The molecule has 0 unspecified atom stereocenters. The summed E-state index contributed by atoms with van der Waals surface area (Å²) in [5.41, 5.74) is -0.266. The van der Waals surface area contributed by atoms with Crippen LogP contribution in [0.2, 0.25) is 0 Å². The molecule has 1 N–H and O–H groups in total. The second-order valence-electron chi connectivity index (χ2n) is 7.47. The van der Waals surface area contributed by atoms with Crippen molar-refractivity contribution in [3.05, 3.63) is 71.8 Å².